The van der Waals surface area contributed by atoms with Gasteiger partial charge in [-0.3, -0.25) is 14.4 Å². The Morgan fingerprint density at radius 3 is 2.41 bits per heavy atom. The molecule has 2 fully saturated rings. The summed E-state index contributed by atoms with van der Waals surface area (Å²) in [5.74, 6) is -1.58. The molecule has 3 amide bonds. The SMILES string of the molecule is CC(=O)NC(CNC(=O)[C@@H]1CCCN(C(=O)CCC2CCN(C)CC2)C1)C(=O)O. The summed E-state index contributed by atoms with van der Waals surface area (Å²) in [7, 11) is 2.12. The minimum Gasteiger partial charge on any atom is -0.480 e. The molecule has 9 heteroatoms. The molecule has 3 N–H and O–H groups in total. The first kappa shape index (κ1) is 23.1. The molecule has 9 nitrogen and oxygen atoms in total. The number of aliphatic carboxylic acids is 1. The molecule has 2 aliphatic heterocycles. The monoisotopic (exact) mass is 410 g/mol. The lowest BCUT2D eigenvalue weighted by Gasteiger charge is -2.33. The predicted octanol–water partition coefficient (Wildman–Crippen LogP) is 0.0525. The van der Waals surface area contributed by atoms with Crippen molar-refractivity contribution in [1.82, 2.24) is 20.4 Å². The third-order valence-electron chi connectivity index (χ3n) is 5.91. The summed E-state index contributed by atoms with van der Waals surface area (Å²) in [4.78, 5) is 51.4. The van der Waals surface area contributed by atoms with E-state index in [4.69, 9.17) is 5.11 Å². The van der Waals surface area contributed by atoms with Crippen LogP contribution in [0.5, 0.6) is 0 Å². The average molecular weight is 411 g/mol. The van der Waals surface area contributed by atoms with Gasteiger partial charge in [-0.1, -0.05) is 0 Å². The fourth-order valence-corrected chi connectivity index (χ4v) is 4.05. The van der Waals surface area contributed by atoms with E-state index < -0.39 is 17.9 Å². The molecule has 0 aliphatic carbocycles. The number of hydrogen-bond acceptors (Lipinski definition) is 5. The van der Waals surface area contributed by atoms with Gasteiger partial charge in [0.25, 0.3) is 0 Å². The number of nitrogens with one attached hydrogen (secondary N) is 2. The lowest BCUT2D eigenvalue weighted by atomic mass is 9.91. The van der Waals surface area contributed by atoms with E-state index in [0.717, 1.165) is 38.8 Å². The highest BCUT2D eigenvalue weighted by molar-refractivity contribution is 5.84. The zero-order valence-corrected chi connectivity index (χ0v) is 17.5. The highest BCUT2D eigenvalue weighted by Gasteiger charge is 2.30. The van der Waals surface area contributed by atoms with Crippen molar-refractivity contribution in [2.45, 2.75) is 51.5 Å². The third kappa shape index (κ3) is 7.64. The Morgan fingerprint density at radius 2 is 1.79 bits per heavy atom. The lowest BCUT2D eigenvalue weighted by Crippen LogP contribution is -2.51. The average Bonchev–Trinajstić information content (AvgIpc) is 2.69. The van der Waals surface area contributed by atoms with Crippen LogP contribution in [0.25, 0.3) is 0 Å². The third-order valence-corrected chi connectivity index (χ3v) is 5.91. The maximum atomic E-state index is 12.6. The van der Waals surface area contributed by atoms with Gasteiger partial charge in [0.15, 0.2) is 0 Å². The van der Waals surface area contributed by atoms with E-state index in [9.17, 15) is 19.2 Å². The van der Waals surface area contributed by atoms with Crippen molar-refractivity contribution >= 4 is 23.7 Å². The Balaban J connectivity index is 1.76. The molecule has 2 aliphatic rings. The molecule has 164 valence electrons. The van der Waals surface area contributed by atoms with Gasteiger partial charge < -0.3 is 25.5 Å². The van der Waals surface area contributed by atoms with Gasteiger partial charge in [0.2, 0.25) is 17.7 Å². The quantitative estimate of drug-likeness (QED) is 0.520. The second kappa shape index (κ2) is 11.1. The predicted molar refractivity (Wildman–Crippen MR) is 107 cm³/mol. The molecule has 1 unspecified atom stereocenters. The molecule has 0 radical (unpaired) electrons. The van der Waals surface area contributed by atoms with Crippen LogP contribution < -0.4 is 10.6 Å². The number of carbonyl (C=O) groups is 4. The fourth-order valence-electron chi connectivity index (χ4n) is 4.05. The lowest BCUT2D eigenvalue weighted by molar-refractivity contribution is -0.141. The van der Waals surface area contributed by atoms with E-state index in [1.165, 1.54) is 6.92 Å². The zero-order chi connectivity index (χ0) is 21.4. The van der Waals surface area contributed by atoms with Crippen molar-refractivity contribution in [3.05, 3.63) is 0 Å². The molecule has 29 heavy (non-hydrogen) atoms. The van der Waals surface area contributed by atoms with Crippen LogP contribution in [-0.2, 0) is 19.2 Å². The highest BCUT2D eigenvalue weighted by atomic mass is 16.4. The van der Waals surface area contributed by atoms with E-state index >= 15 is 0 Å². The Morgan fingerprint density at radius 1 is 1.10 bits per heavy atom. The van der Waals surface area contributed by atoms with Crippen molar-refractivity contribution in [2.24, 2.45) is 11.8 Å². The molecule has 0 bridgehead atoms. The second-order valence-corrected chi connectivity index (χ2v) is 8.30. The number of carboxylic acid groups (broad SMARTS) is 1. The molecule has 2 rings (SSSR count). The zero-order valence-electron chi connectivity index (χ0n) is 17.5. The first-order valence-corrected chi connectivity index (χ1v) is 10.5. The number of carboxylic acids is 1. The van der Waals surface area contributed by atoms with Crippen LogP contribution in [0.4, 0.5) is 0 Å². The van der Waals surface area contributed by atoms with Crippen LogP contribution in [0.2, 0.25) is 0 Å². The van der Waals surface area contributed by atoms with Crippen molar-refractivity contribution in [3.8, 4) is 0 Å². The van der Waals surface area contributed by atoms with E-state index in [1.54, 1.807) is 4.90 Å². The number of piperidine rings is 2. The van der Waals surface area contributed by atoms with Crippen LogP contribution in [0.15, 0.2) is 0 Å². The molecule has 0 aromatic rings. The van der Waals surface area contributed by atoms with E-state index in [-0.39, 0.29) is 24.3 Å². The van der Waals surface area contributed by atoms with Gasteiger partial charge in [0, 0.05) is 33.0 Å². The Labute approximate surface area is 172 Å². The summed E-state index contributed by atoms with van der Waals surface area (Å²) in [6.07, 6.45) is 5.11. The van der Waals surface area contributed by atoms with Crippen molar-refractivity contribution < 1.29 is 24.3 Å². The molecule has 0 saturated carbocycles. The number of rotatable bonds is 8. The smallest absolute Gasteiger partial charge is 0.328 e. The Hall–Kier alpha value is -2.16. The Bertz CT molecular complexity index is 604. The highest BCUT2D eigenvalue weighted by Crippen LogP contribution is 2.23. The molecule has 0 spiro atoms. The first-order valence-electron chi connectivity index (χ1n) is 10.5. The summed E-state index contributed by atoms with van der Waals surface area (Å²) in [6.45, 7) is 4.26. The van der Waals surface area contributed by atoms with E-state index in [1.807, 2.05) is 0 Å². The molecule has 0 aromatic carbocycles. The first-order chi connectivity index (χ1) is 13.8. The van der Waals surface area contributed by atoms with Crippen molar-refractivity contribution in [3.63, 3.8) is 0 Å². The second-order valence-electron chi connectivity index (χ2n) is 8.30. The summed E-state index contributed by atoms with van der Waals surface area (Å²) in [6, 6.07) is -1.16. The van der Waals surface area contributed by atoms with Gasteiger partial charge in [0.05, 0.1) is 5.92 Å². The molecule has 2 saturated heterocycles. The van der Waals surface area contributed by atoms with Crippen molar-refractivity contribution in [2.75, 3.05) is 39.8 Å². The standard InChI is InChI=1S/C20H34N4O5/c1-14(25)22-17(20(28)29)12-21-19(27)16-4-3-9-24(13-16)18(26)6-5-15-7-10-23(2)11-8-15/h15-17H,3-13H2,1-2H3,(H,21,27)(H,22,25)(H,28,29)/t16-,17?/m1/s1. The van der Waals surface area contributed by atoms with E-state index in [0.29, 0.717) is 31.8 Å². The van der Waals surface area contributed by atoms with E-state index in [2.05, 4.69) is 22.6 Å². The van der Waals surface area contributed by atoms with Crippen LogP contribution in [0, 0.1) is 11.8 Å². The summed E-state index contributed by atoms with van der Waals surface area (Å²) >= 11 is 0. The summed E-state index contributed by atoms with van der Waals surface area (Å²) < 4.78 is 0. The van der Waals surface area contributed by atoms with Gasteiger partial charge in [-0.25, -0.2) is 4.79 Å². The van der Waals surface area contributed by atoms with Gasteiger partial charge >= 0.3 is 5.97 Å². The summed E-state index contributed by atoms with van der Waals surface area (Å²) in [5, 5.41) is 14.0. The number of nitrogens with zero attached hydrogens (tertiary/aromatic N) is 2. The van der Waals surface area contributed by atoms with Crippen LogP contribution in [0.3, 0.4) is 0 Å². The van der Waals surface area contributed by atoms with Gasteiger partial charge in [0.1, 0.15) is 6.04 Å². The van der Waals surface area contributed by atoms with Crippen LogP contribution in [-0.4, -0.2) is 84.4 Å². The van der Waals surface area contributed by atoms with Crippen LogP contribution in [0.1, 0.15) is 45.4 Å². The number of amides is 3. The largest absolute Gasteiger partial charge is 0.480 e. The molecule has 0 aromatic heterocycles. The fraction of sp³-hybridized carbons (Fsp3) is 0.800. The number of hydrogen-bond donors (Lipinski definition) is 3. The normalized spacial score (nSPS) is 22.0. The number of likely N-dealkylation sites (tertiary alicyclic amines) is 2. The molecular weight excluding hydrogens is 376 g/mol. The molecule has 2 atom stereocenters. The van der Waals surface area contributed by atoms with Gasteiger partial charge in [-0.2, -0.15) is 0 Å². The minimum atomic E-state index is -1.20. The van der Waals surface area contributed by atoms with Crippen molar-refractivity contribution in [1.29, 1.82) is 0 Å². The summed E-state index contributed by atoms with van der Waals surface area (Å²) in [5.41, 5.74) is 0. The molecular formula is C20H34N4O5. The van der Waals surface area contributed by atoms with Gasteiger partial charge in [-0.15, -0.1) is 0 Å². The maximum absolute atomic E-state index is 12.6. The topological polar surface area (TPSA) is 119 Å². The Kier molecular flexibility index (Phi) is 8.88. The number of carbonyl (C=O) groups excluding carboxylic acids is 3. The van der Waals surface area contributed by atoms with Crippen LogP contribution >= 0.6 is 0 Å². The minimum absolute atomic E-state index is 0.100. The molecule has 2 heterocycles. The maximum Gasteiger partial charge on any atom is 0.328 e. The van der Waals surface area contributed by atoms with Gasteiger partial charge in [-0.05, 0) is 58.2 Å².